The quantitative estimate of drug-likeness (QED) is 0.861. The number of carbonyl (C=O) groups is 1. The lowest BCUT2D eigenvalue weighted by Gasteiger charge is -2.18. The molecule has 0 aromatic carbocycles. The molecule has 6 heteroatoms. The second-order valence-corrected chi connectivity index (χ2v) is 6.27. The molecule has 2 heterocycles. The van der Waals surface area contributed by atoms with E-state index in [9.17, 15) is 4.79 Å². The summed E-state index contributed by atoms with van der Waals surface area (Å²) in [6.07, 6.45) is 0.846. The van der Waals surface area contributed by atoms with Crippen molar-refractivity contribution in [3.8, 4) is 0 Å². The van der Waals surface area contributed by atoms with Crippen LogP contribution in [0.3, 0.4) is 0 Å². The van der Waals surface area contributed by atoms with Gasteiger partial charge in [-0.25, -0.2) is 4.79 Å². The first kappa shape index (κ1) is 14.7. The zero-order valence-electron chi connectivity index (χ0n) is 12.3. The molecule has 6 nitrogen and oxygen atoms in total. The van der Waals surface area contributed by atoms with Crippen LogP contribution in [0.1, 0.15) is 32.9 Å². The van der Waals surface area contributed by atoms with Crippen LogP contribution < -0.4 is 5.32 Å². The van der Waals surface area contributed by atoms with Crippen molar-refractivity contribution in [1.29, 1.82) is 0 Å². The third-order valence-corrected chi connectivity index (χ3v) is 3.50. The maximum atomic E-state index is 12.0. The molecule has 1 atom stereocenters. The molecule has 1 aliphatic heterocycles. The van der Waals surface area contributed by atoms with Gasteiger partial charge in [-0.2, -0.15) is 5.10 Å². The van der Waals surface area contributed by atoms with Gasteiger partial charge in [-0.05, 0) is 18.6 Å². The molecular formula is C14H22N4O2. The Morgan fingerprint density at radius 1 is 1.45 bits per heavy atom. The molecule has 2 N–H and O–H groups in total. The van der Waals surface area contributed by atoms with Crippen LogP contribution in [0.4, 0.5) is 10.6 Å². The third-order valence-electron chi connectivity index (χ3n) is 3.50. The Morgan fingerprint density at radius 2 is 2.20 bits per heavy atom. The van der Waals surface area contributed by atoms with Gasteiger partial charge in [0.2, 0.25) is 0 Å². The van der Waals surface area contributed by atoms with Crippen LogP contribution in [0.5, 0.6) is 0 Å². The summed E-state index contributed by atoms with van der Waals surface area (Å²) in [6.45, 7) is 7.59. The normalized spacial score (nSPS) is 19.2. The van der Waals surface area contributed by atoms with E-state index >= 15 is 0 Å². The van der Waals surface area contributed by atoms with Gasteiger partial charge in [0.15, 0.2) is 5.82 Å². The molecule has 1 aromatic rings. The monoisotopic (exact) mass is 278 g/mol. The van der Waals surface area contributed by atoms with Crippen molar-refractivity contribution in [2.45, 2.75) is 32.6 Å². The van der Waals surface area contributed by atoms with Gasteiger partial charge in [0.25, 0.3) is 0 Å². The molecular weight excluding hydrogens is 256 g/mol. The van der Waals surface area contributed by atoms with Gasteiger partial charge >= 0.3 is 6.03 Å². The number of anilines is 1. The first-order chi connectivity index (χ1) is 9.40. The van der Waals surface area contributed by atoms with E-state index in [1.54, 1.807) is 11.0 Å². The van der Waals surface area contributed by atoms with Crippen LogP contribution in [0.25, 0.3) is 0 Å². The highest BCUT2D eigenvalue weighted by Gasteiger charge is 2.26. The van der Waals surface area contributed by atoms with Gasteiger partial charge in [-0.15, -0.1) is 5.10 Å². The molecule has 0 spiro atoms. The van der Waals surface area contributed by atoms with E-state index in [1.165, 1.54) is 0 Å². The molecule has 1 unspecified atom stereocenters. The minimum absolute atomic E-state index is 0.0567. The fourth-order valence-corrected chi connectivity index (χ4v) is 2.15. The maximum Gasteiger partial charge on any atom is 0.323 e. The van der Waals surface area contributed by atoms with Crippen molar-refractivity contribution < 1.29 is 9.90 Å². The fourth-order valence-electron chi connectivity index (χ4n) is 2.15. The standard InChI is InChI=1S/C14H22N4O2/c1-14(2,3)11-4-5-12(17-16-11)15-13(20)18-7-6-10(8-18)9-19/h4-5,10,19H,6-9H2,1-3H3,(H,15,17,20). The third kappa shape index (κ3) is 3.45. The Labute approximate surface area is 119 Å². The number of likely N-dealkylation sites (tertiary alicyclic amines) is 1. The summed E-state index contributed by atoms with van der Waals surface area (Å²) in [5.74, 6) is 0.644. The number of aliphatic hydroxyl groups excluding tert-OH is 1. The number of nitrogens with one attached hydrogen (secondary N) is 1. The number of rotatable bonds is 2. The Bertz CT molecular complexity index is 467. The number of amides is 2. The van der Waals surface area contributed by atoms with Crippen LogP contribution in [-0.4, -0.2) is 45.9 Å². The highest BCUT2D eigenvalue weighted by Crippen LogP contribution is 2.20. The maximum absolute atomic E-state index is 12.0. The van der Waals surface area contributed by atoms with Gasteiger partial charge < -0.3 is 10.0 Å². The molecule has 20 heavy (non-hydrogen) atoms. The molecule has 0 aliphatic carbocycles. The molecule has 1 aliphatic rings. The number of hydrogen-bond donors (Lipinski definition) is 2. The smallest absolute Gasteiger partial charge is 0.323 e. The van der Waals surface area contributed by atoms with E-state index in [-0.39, 0.29) is 24.0 Å². The highest BCUT2D eigenvalue weighted by molar-refractivity contribution is 5.88. The van der Waals surface area contributed by atoms with Crippen molar-refractivity contribution in [3.05, 3.63) is 17.8 Å². The minimum atomic E-state index is -0.182. The Kier molecular flexibility index (Phi) is 4.23. The lowest BCUT2D eigenvalue weighted by Crippen LogP contribution is -2.33. The van der Waals surface area contributed by atoms with E-state index in [0.29, 0.717) is 18.9 Å². The number of urea groups is 1. The van der Waals surface area contributed by atoms with Crippen LogP contribution in [-0.2, 0) is 5.41 Å². The van der Waals surface area contributed by atoms with Crippen molar-refractivity contribution >= 4 is 11.8 Å². The average molecular weight is 278 g/mol. The van der Waals surface area contributed by atoms with E-state index in [0.717, 1.165) is 12.1 Å². The van der Waals surface area contributed by atoms with Gasteiger partial charge in [-0.1, -0.05) is 20.8 Å². The number of hydrogen-bond acceptors (Lipinski definition) is 4. The summed E-state index contributed by atoms with van der Waals surface area (Å²) in [5.41, 5.74) is 0.829. The largest absolute Gasteiger partial charge is 0.396 e. The molecule has 2 amide bonds. The number of aromatic nitrogens is 2. The van der Waals surface area contributed by atoms with Crippen molar-refractivity contribution in [2.75, 3.05) is 25.0 Å². The van der Waals surface area contributed by atoms with Crippen molar-refractivity contribution in [3.63, 3.8) is 0 Å². The Balaban J connectivity index is 1.95. The summed E-state index contributed by atoms with van der Waals surface area (Å²) in [5, 5.41) is 20.0. The van der Waals surface area contributed by atoms with Gasteiger partial charge in [0.05, 0.1) is 5.69 Å². The van der Waals surface area contributed by atoms with Gasteiger partial charge in [0.1, 0.15) is 0 Å². The summed E-state index contributed by atoms with van der Waals surface area (Å²) in [4.78, 5) is 13.7. The lowest BCUT2D eigenvalue weighted by atomic mass is 9.92. The molecule has 1 fully saturated rings. The molecule has 1 saturated heterocycles. The molecule has 110 valence electrons. The second-order valence-electron chi connectivity index (χ2n) is 6.27. The van der Waals surface area contributed by atoms with Gasteiger partial charge in [-0.3, -0.25) is 5.32 Å². The Hall–Kier alpha value is -1.69. The van der Waals surface area contributed by atoms with Crippen LogP contribution in [0, 0.1) is 5.92 Å². The fraction of sp³-hybridized carbons (Fsp3) is 0.643. The number of aliphatic hydroxyl groups is 1. The van der Waals surface area contributed by atoms with Gasteiger partial charge in [0, 0.05) is 31.0 Å². The molecule has 1 aromatic heterocycles. The van der Waals surface area contributed by atoms with E-state index in [2.05, 4.69) is 36.3 Å². The van der Waals surface area contributed by atoms with Crippen LogP contribution in [0.2, 0.25) is 0 Å². The topological polar surface area (TPSA) is 78.4 Å². The second kappa shape index (κ2) is 5.75. The van der Waals surface area contributed by atoms with E-state index < -0.39 is 0 Å². The lowest BCUT2D eigenvalue weighted by molar-refractivity contribution is 0.208. The highest BCUT2D eigenvalue weighted by atomic mass is 16.3. The van der Waals surface area contributed by atoms with Crippen LogP contribution >= 0.6 is 0 Å². The summed E-state index contributed by atoms with van der Waals surface area (Å²) < 4.78 is 0. The summed E-state index contributed by atoms with van der Waals surface area (Å²) in [6, 6.07) is 3.47. The van der Waals surface area contributed by atoms with Crippen LogP contribution in [0.15, 0.2) is 12.1 Å². The zero-order chi connectivity index (χ0) is 14.8. The SMILES string of the molecule is CC(C)(C)c1ccc(NC(=O)N2CCC(CO)C2)nn1. The predicted octanol–water partition coefficient (Wildman–Crippen LogP) is 1.62. The van der Waals surface area contributed by atoms with E-state index in [4.69, 9.17) is 5.11 Å². The van der Waals surface area contributed by atoms with E-state index in [1.807, 2.05) is 6.07 Å². The Morgan fingerprint density at radius 3 is 2.70 bits per heavy atom. The predicted molar refractivity (Wildman–Crippen MR) is 76.5 cm³/mol. The molecule has 0 saturated carbocycles. The molecule has 0 bridgehead atoms. The molecule has 2 rings (SSSR count). The first-order valence-corrected chi connectivity index (χ1v) is 6.91. The summed E-state index contributed by atoms with van der Waals surface area (Å²) >= 11 is 0. The first-order valence-electron chi connectivity index (χ1n) is 6.91. The number of carbonyl (C=O) groups excluding carboxylic acids is 1. The minimum Gasteiger partial charge on any atom is -0.396 e. The molecule has 0 radical (unpaired) electrons. The number of nitrogens with zero attached hydrogens (tertiary/aromatic N) is 3. The summed E-state index contributed by atoms with van der Waals surface area (Å²) in [7, 11) is 0. The van der Waals surface area contributed by atoms with Crippen molar-refractivity contribution in [1.82, 2.24) is 15.1 Å². The zero-order valence-corrected chi connectivity index (χ0v) is 12.3. The average Bonchev–Trinajstić information content (AvgIpc) is 2.87. The van der Waals surface area contributed by atoms with Crippen molar-refractivity contribution in [2.24, 2.45) is 5.92 Å².